The topological polar surface area (TPSA) is 78.1 Å². The fourth-order valence-corrected chi connectivity index (χ4v) is 2.94. The largest absolute Gasteiger partial charge is 0.496 e. The number of fused-ring (bicyclic) bond motifs is 1. The van der Waals surface area contributed by atoms with Gasteiger partial charge in [0, 0.05) is 5.56 Å². The first kappa shape index (κ1) is 14.5. The second kappa shape index (κ2) is 5.76. The third kappa shape index (κ3) is 2.43. The van der Waals surface area contributed by atoms with Gasteiger partial charge in [-0.3, -0.25) is 10.2 Å². The van der Waals surface area contributed by atoms with Crippen molar-refractivity contribution in [3.8, 4) is 5.75 Å². The van der Waals surface area contributed by atoms with Gasteiger partial charge in [0.15, 0.2) is 5.84 Å². The van der Waals surface area contributed by atoms with Gasteiger partial charge in [-0.05, 0) is 30.3 Å². The Morgan fingerprint density at radius 2 is 2.18 bits per heavy atom. The third-order valence-corrected chi connectivity index (χ3v) is 4.29. The van der Waals surface area contributed by atoms with E-state index in [-0.39, 0.29) is 11.4 Å². The smallest absolute Gasteiger partial charge is 0.283 e. The minimum Gasteiger partial charge on any atom is -0.496 e. The van der Waals surface area contributed by atoms with Gasteiger partial charge in [0.05, 0.1) is 12.7 Å². The van der Waals surface area contributed by atoms with Gasteiger partial charge in [0.1, 0.15) is 10.8 Å². The molecule has 1 N–H and O–H groups in total. The highest BCUT2D eigenvalue weighted by Gasteiger charge is 2.35. The molecule has 0 saturated heterocycles. The van der Waals surface area contributed by atoms with E-state index < -0.39 is 5.91 Å². The van der Waals surface area contributed by atoms with Crippen LogP contribution in [-0.2, 0) is 4.79 Å². The molecule has 1 aromatic rings. The normalized spacial score (nSPS) is 19.2. The molecular weight excluding hydrogens is 300 g/mol. The van der Waals surface area contributed by atoms with Crippen LogP contribution in [0.25, 0.3) is 6.08 Å². The molecule has 112 valence electrons. The predicted molar refractivity (Wildman–Crippen MR) is 88.3 cm³/mol. The summed E-state index contributed by atoms with van der Waals surface area (Å²) >= 11 is 1.33. The summed E-state index contributed by atoms with van der Waals surface area (Å²) in [5, 5.41) is 15.3. The lowest BCUT2D eigenvalue weighted by Crippen LogP contribution is -2.35. The fraction of sp³-hybridized carbons (Fsp3) is 0.200. The van der Waals surface area contributed by atoms with Crippen LogP contribution >= 0.6 is 11.8 Å². The van der Waals surface area contributed by atoms with E-state index in [1.165, 1.54) is 16.8 Å². The Labute approximate surface area is 132 Å². The van der Waals surface area contributed by atoms with E-state index in [1.807, 2.05) is 25.1 Å². The van der Waals surface area contributed by atoms with E-state index in [0.29, 0.717) is 10.9 Å². The first-order valence-electron chi connectivity index (χ1n) is 6.76. The lowest BCUT2D eigenvalue weighted by Gasteiger charge is -2.20. The highest BCUT2D eigenvalue weighted by molar-refractivity contribution is 8.26. The van der Waals surface area contributed by atoms with Crippen molar-refractivity contribution in [1.82, 2.24) is 5.01 Å². The first-order chi connectivity index (χ1) is 10.6. The van der Waals surface area contributed by atoms with Gasteiger partial charge < -0.3 is 4.74 Å². The fourth-order valence-electron chi connectivity index (χ4n) is 2.12. The van der Waals surface area contributed by atoms with Gasteiger partial charge in [0.2, 0.25) is 5.17 Å². The molecule has 3 rings (SSSR count). The van der Waals surface area contributed by atoms with Crippen LogP contribution in [0, 0.1) is 5.41 Å². The molecule has 7 heteroatoms. The molecule has 22 heavy (non-hydrogen) atoms. The lowest BCUT2D eigenvalue weighted by molar-refractivity contribution is -0.114. The van der Waals surface area contributed by atoms with Crippen molar-refractivity contribution in [3.05, 3.63) is 35.4 Å². The number of rotatable bonds is 3. The van der Waals surface area contributed by atoms with Gasteiger partial charge in [0.25, 0.3) is 5.91 Å². The van der Waals surface area contributed by atoms with Crippen LogP contribution < -0.4 is 4.74 Å². The van der Waals surface area contributed by atoms with Crippen molar-refractivity contribution in [2.24, 2.45) is 10.1 Å². The molecule has 2 aliphatic rings. The molecule has 0 radical (unpaired) electrons. The van der Waals surface area contributed by atoms with Crippen LogP contribution in [0.15, 0.2) is 39.9 Å². The zero-order valence-corrected chi connectivity index (χ0v) is 13.0. The van der Waals surface area contributed by atoms with Gasteiger partial charge in [-0.15, -0.1) is 0 Å². The van der Waals surface area contributed by atoms with Crippen LogP contribution in [0.1, 0.15) is 18.9 Å². The Bertz CT molecular complexity index is 752. The SMILES string of the molecule is CCC1=NN2C(=N)/C(=C\c3ccccc3OC)C(=O)N=C2S1. The summed E-state index contributed by atoms with van der Waals surface area (Å²) in [6.45, 7) is 1.97. The number of aliphatic imine (C=N–C) groups is 1. The predicted octanol–water partition coefficient (Wildman–Crippen LogP) is 2.72. The number of nitrogens with zero attached hydrogens (tertiary/aromatic N) is 3. The molecule has 0 atom stereocenters. The number of carbonyl (C=O) groups excluding carboxylic acids is 1. The van der Waals surface area contributed by atoms with E-state index in [4.69, 9.17) is 10.1 Å². The highest BCUT2D eigenvalue weighted by atomic mass is 32.2. The number of hydrazone groups is 1. The van der Waals surface area contributed by atoms with Gasteiger partial charge >= 0.3 is 0 Å². The number of nitrogens with one attached hydrogen (secondary N) is 1. The van der Waals surface area contributed by atoms with Crippen molar-refractivity contribution in [2.45, 2.75) is 13.3 Å². The van der Waals surface area contributed by atoms with Gasteiger partial charge in [-0.25, -0.2) is 0 Å². The third-order valence-electron chi connectivity index (χ3n) is 3.24. The molecule has 2 aliphatic heterocycles. The quantitative estimate of drug-likeness (QED) is 0.870. The number of methoxy groups -OCH3 is 1. The maximum atomic E-state index is 12.2. The summed E-state index contributed by atoms with van der Waals surface area (Å²) < 4.78 is 5.27. The second-order valence-electron chi connectivity index (χ2n) is 4.61. The molecule has 0 bridgehead atoms. The molecule has 0 spiro atoms. The molecule has 6 nitrogen and oxygen atoms in total. The monoisotopic (exact) mass is 314 g/mol. The Morgan fingerprint density at radius 3 is 2.91 bits per heavy atom. The molecule has 0 aliphatic carbocycles. The molecule has 0 saturated carbocycles. The minimum atomic E-state index is -0.429. The molecule has 2 heterocycles. The summed E-state index contributed by atoms with van der Waals surface area (Å²) in [5.74, 6) is 0.248. The zero-order chi connectivity index (χ0) is 15.7. The Hall–Kier alpha value is -2.41. The number of para-hydroxylation sites is 1. The van der Waals surface area contributed by atoms with E-state index in [1.54, 1.807) is 19.3 Å². The molecule has 0 aromatic heterocycles. The van der Waals surface area contributed by atoms with E-state index in [9.17, 15) is 4.79 Å². The van der Waals surface area contributed by atoms with Gasteiger partial charge in [-0.2, -0.15) is 15.1 Å². The highest BCUT2D eigenvalue weighted by Crippen LogP contribution is 2.30. The summed E-state index contributed by atoms with van der Waals surface area (Å²) in [4.78, 5) is 16.2. The number of benzene rings is 1. The summed E-state index contributed by atoms with van der Waals surface area (Å²) in [5.41, 5.74) is 0.929. The molecule has 1 amide bonds. The van der Waals surface area contributed by atoms with Crippen LogP contribution in [0.2, 0.25) is 0 Å². The Kier molecular flexibility index (Phi) is 3.81. The number of amidine groups is 2. The second-order valence-corrected chi connectivity index (χ2v) is 5.65. The number of hydrogen-bond donors (Lipinski definition) is 1. The van der Waals surface area contributed by atoms with Crippen LogP contribution in [0.5, 0.6) is 5.75 Å². The van der Waals surface area contributed by atoms with E-state index in [0.717, 1.165) is 17.0 Å². The lowest BCUT2D eigenvalue weighted by atomic mass is 10.1. The average Bonchev–Trinajstić information content (AvgIpc) is 2.95. The number of hydrogen-bond acceptors (Lipinski definition) is 5. The van der Waals surface area contributed by atoms with Crippen LogP contribution in [0.4, 0.5) is 0 Å². The number of amides is 1. The zero-order valence-electron chi connectivity index (χ0n) is 12.2. The van der Waals surface area contributed by atoms with Crippen molar-refractivity contribution in [2.75, 3.05) is 7.11 Å². The van der Waals surface area contributed by atoms with Gasteiger partial charge in [-0.1, -0.05) is 25.1 Å². The standard InChI is InChI=1S/C15H14N4O2S/c1-3-12-18-19-13(16)10(14(20)17-15(19)22-12)8-9-6-4-5-7-11(9)21-2/h4-8,16H,3H2,1-2H3/b10-8+,16-13?. The van der Waals surface area contributed by atoms with E-state index in [2.05, 4.69) is 10.1 Å². The van der Waals surface area contributed by atoms with Crippen molar-refractivity contribution in [3.63, 3.8) is 0 Å². The van der Waals surface area contributed by atoms with Crippen molar-refractivity contribution in [1.29, 1.82) is 5.41 Å². The van der Waals surface area contributed by atoms with E-state index >= 15 is 0 Å². The molecule has 0 unspecified atom stereocenters. The maximum absolute atomic E-state index is 12.2. The molecule has 1 aromatic carbocycles. The average molecular weight is 314 g/mol. The number of ether oxygens (including phenoxy) is 1. The minimum absolute atomic E-state index is 0.0388. The summed E-state index contributed by atoms with van der Waals surface area (Å²) in [6.07, 6.45) is 2.36. The Morgan fingerprint density at radius 1 is 1.41 bits per heavy atom. The number of carbonyl (C=O) groups is 1. The summed E-state index contributed by atoms with van der Waals surface area (Å²) in [7, 11) is 1.57. The molecule has 0 fully saturated rings. The van der Waals surface area contributed by atoms with Crippen molar-refractivity contribution < 1.29 is 9.53 Å². The summed E-state index contributed by atoms with van der Waals surface area (Å²) in [6, 6.07) is 7.32. The number of thioether (sulfide) groups is 1. The van der Waals surface area contributed by atoms with Crippen LogP contribution in [0.3, 0.4) is 0 Å². The van der Waals surface area contributed by atoms with Crippen molar-refractivity contribution >= 4 is 39.8 Å². The Balaban J connectivity index is 2.02. The first-order valence-corrected chi connectivity index (χ1v) is 7.57. The van der Waals surface area contributed by atoms with Crippen LogP contribution in [-0.4, -0.2) is 34.1 Å². The maximum Gasteiger partial charge on any atom is 0.283 e. The molecular formula is C15H14N4O2S.